The van der Waals surface area contributed by atoms with Gasteiger partial charge in [-0.05, 0) is 38.8 Å². The van der Waals surface area contributed by atoms with E-state index in [1.54, 1.807) is 13.3 Å². The van der Waals surface area contributed by atoms with Gasteiger partial charge in [-0.3, -0.25) is 4.79 Å². The van der Waals surface area contributed by atoms with Crippen LogP contribution in [-0.4, -0.2) is 71.0 Å². The topological polar surface area (TPSA) is 94.7 Å². The van der Waals surface area contributed by atoms with Crippen LogP contribution in [0.5, 0.6) is 0 Å². The monoisotopic (exact) mass is 521 g/mol. The summed E-state index contributed by atoms with van der Waals surface area (Å²) in [6, 6.07) is 6.24. The molecule has 0 aliphatic carbocycles. The zero-order chi connectivity index (χ0) is 24.8. The first-order valence-corrected chi connectivity index (χ1v) is 13.0. The van der Waals surface area contributed by atoms with E-state index in [9.17, 15) is 4.79 Å². The van der Waals surface area contributed by atoms with Gasteiger partial charge in [0.2, 0.25) is 0 Å². The summed E-state index contributed by atoms with van der Waals surface area (Å²) < 4.78 is 18.8. The smallest absolute Gasteiger partial charge is 0.269 e. The van der Waals surface area contributed by atoms with Gasteiger partial charge in [0.1, 0.15) is 23.8 Å². The van der Waals surface area contributed by atoms with Crippen molar-refractivity contribution in [1.29, 1.82) is 0 Å². The fourth-order valence-electron chi connectivity index (χ4n) is 4.12. The van der Waals surface area contributed by atoms with Crippen LogP contribution in [0, 0.1) is 0 Å². The highest BCUT2D eigenvalue weighted by Gasteiger charge is 2.25. The summed E-state index contributed by atoms with van der Waals surface area (Å²) in [5.74, 6) is 1.14. The zero-order valence-corrected chi connectivity index (χ0v) is 21.9. The molecular weight excluding hydrogens is 490 g/mol. The molecule has 11 heteroatoms. The number of amides is 1. The maximum Gasteiger partial charge on any atom is 0.269 e. The molecule has 0 aromatic carbocycles. The average molecular weight is 522 g/mol. The Morgan fingerprint density at radius 2 is 2.11 bits per heavy atom. The molecule has 0 unspecified atom stereocenters. The van der Waals surface area contributed by atoms with Crippen LogP contribution in [-0.2, 0) is 22.6 Å². The Morgan fingerprint density at radius 3 is 2.80 bits per heavy atom. The van der Waals surface area contributed by atoms with Gasteiger partial charge in [-0.25, -0.2) is 4.98 Å². The summed E-state index contributed by atoms with van der Waals surface area (Å²) in [6.45, 7) is 7.89. The predicted octanol–water partition coefficient (Wildman–Crippen LogP) is 4.07. The summed E-state index contributed by atoms with van der Waals surface area (Å²) in [5, 5.41) is 7.41. The molecule has 1 aliphatic heterocycles. The predicted molar refractivity (Wildman–Crippen MR) is 135 cm³/mol. The lowest BCUT2D eigenvalue weighted by molar-refractivity contribution is 0.0573. The van der Waals surface area contributed by atoms with Crippen LogP contribution in [0.15, 0.2) is 28.9 Å². The largest absolute Gasteiger partial charge is 0.382 e. The Kier molecular flexibility index (Phi) is 8.96. The van der Waals surface area contributed by atoms with E-state index >= 15 is 0 Å². The lowest BCUT2D eigenvalue weighted by Crippen LogP contribution is -2.46. The van der Waals surface area contributed by atoms with Gasteiger partial charge >= 0.3 is 0 Å². The molecule has 1 amide bonds. The number of thiophene rings is 1. The third-order valence-electron chi connectivity index (χ3n) is 6.12. The number of likely N-dealkylation sites (tertiary alicyclic amines) is 1. The van der Waals surface area contributed by atoms with Crippen molar-refractivity contribution >= 4 is 28.8 Å². The number of nitrogens with zero attached hydrogens (tertiary/aromatic N) is 4. The van der Waals surface area contributed by atoms with E-state index in [-0.39, 0.29) is 18.6 Å². The minimum Gasteiger partial charge on any atom is -0.382 e. The SMILES string of the molecule is COCCOCc1ncc(C(=O)NC2CCN(C(C)C)CC2)n1Cc1cc(-c2ccc(Cl)s2)on1. The number of methoxy groups -OCH3 is 1. The van der Waals surface area contributed by atoms with Gasteiger partial charge < -0.3 is 28.8 Å². The molecule has 1 saturated heterocycles. The molecule has 35 heavy (non-hydrogen) atoms. The first-order chi connectivity index (χ1) is 16.9. The van der Waals surface area contributed by atoms with Crippen molar-refractivity contribution in [2.75, 3.05) is 33.4 Å². The van der Waals surface area contributed by atoms with Gasteiger partial charge in [-0.2, -0.15) is 0 Å². The molecular formula is C24H32ClN5O4S. The summed E-state index contributed by atoms with van der Waals surface area (Å²) in [7, 11) is 1.63. The van der Waals surface area contributed by atoms with Crippen molar-refractivity contribution in [3.63, 3.8) is 0 Å². The van der Waals surface area contributed by atoms with Gasteiger partial charge in [0.15, 0.2) is 5.76 Å². The number of imidazole rings is 1. The van der Waals surface area contributed by atoms with E-state index in [1.807, 2.05) is 22.8 Å². The molecule has 4 rings (SSSR count). The maximum atomic E-state index is 13.3. The molecule has 0 atom stereocenters. The lowest BCUT2D eigenvalue weighted by atomic mass is 10.0. The fourth-order valence-corrected chi connectivity index (χ4v) is 5.11. The average Bonchev–Trinajstić information content (AvgIpc) is 3.58. The van der Waals surface area contributed by atoms with Crippen LogP contribution in [0.25, 0.3) is 10.6 Å². The third kappa shape index (κ3) is 6.71. The van der Waals surface area contributed by atoms with E-state index in [4.69, 9.17) is 25.6 Å². The molecule has 1 aliphatic rings. The van der Waals surface area contributed by atoms with Gasteiger partial charge in [0.05, 0.1) is 35.2 Å². The Bertz CT molecular complexity index is 1100. The number of carbonyl (C=O) groups is 1. The Balaban J connectivity index is 1.48. The Morgan fingerprint density at radius 1 is 1.31 bits per heavy atom. The van der Waals surface area contributed by atoms with Gasteiger partial charge in [-0.1, -0.05) is 16.8 Å². The number of hydrogen-bond acceptors (Lipinski definition) is 8. The van der Waals surface area contributed by atoms with Crippen molar-refractivity contribution in [2.24, 2.45) is 0 Å². The normalized spacial score (nSPS) is 15.2. The molecule has 1 fully saturated rings. The molecule has 9 nitrogen and oxygen atoms in total. The van der Waals surface area contributed by atoms with Crippen molar-refractivity contribution in [2.45, 2.75) is 51.9 Å². The van der Waals surface area contributed by atoms with Gasteiger partial charge in [0.25, 0.3) is 5.91 Å². The van der Waals surface area contributed by atoms with E-state index in [0.29, 0.717) is 53.1 Å². The van der Waals surface area contributed by atoms with Gasteiger partial charge in [-0.15, -0.1) is 11.3 Å². The maximum absolute atomic E-state index is 13.3. The van der Waals surface area contributed by atoms with E-state index in [1.165, 1.54) is 11.3 Å². The van der Waals surface area contributed by atoms with Crippen LogP contribution in [0.4, 0.5) is 0 Å². The Hall–Kier alpha value is -2.24. The standard InChI is InChI=1S/C24H32ClN5O4S/c1-16(2)29-8-6-17(7-9-29)27-24(31)19-13-26-23(15-33-11-10-32-3)30(19)14-18-12-20(34-28-18)21-4-5-22(25)35-21/h4-5,12-13,16-17H,6-11,14-15H2,1-3H3,(H,27,31). The first kappa shape index (κ1) is 25.8. The second kappa shape index (κ2) is 12.1. The number of aromatic nitrogens is 3. The molecule has 3 aromatic rings. The van der Waals surface area contributed by atoms with Gasteiger partial charge in [0, 0.05) is 38.3 Å². The molecule has 0 spiro atoms. The van der Waals surface area contributed by atoms with E-state index < -0.39 is 0 Å². The van der Waals surface area contributed by atoms with Crippen LogP contribution in [0.3, 0.4) is 0 Å². The molecule has 1 N–H and O–H groups in total. The van der Waals surface area contributed by atoms with E-state index in [0.717, 1.165) is 30.8 Å². The molecule has 0 saturated carbocycles. The zero-order valence-electron chi connectivity index (χ0n) is 20.3. The minimum absolute atomic E-state index is 0.141. The van der Waals surface area contributed by atoms with Crippen LogP contribution in [0.2, 0.25) is 4.34 Å². The van der Waals surface area contributed by atoms with Crippen LogP contribution in [0.1, 0.15) is 48.7 Å². The second-order valence-corrected chi connectivity index (χ2v) is 10.6. The molecule has 190 valence electrons. The first-order valence-electron chi connectivity index (χ1n) is 11.8. The number of piperidine rings is 1. The summed E-state index contributed by atoms with van der Waals surface area (Å²) >= 11 is 7.48. The number of halogens is 1. The minimum atomic E-state index is -0.141. The number of rotatable bonds is 11. The fraction of sp³-hybridized carbons (Fsp3) is 0.542. The highest BCUT2D eigenvalue weighted by Crippen LogP contribution is 2.31. The van der Waals surface area contributed by atoms with Crippen molar-refractivity contribution in [1.82, 2.24) is 24.9 Å². The number of carbonyl (C=O) groups excluding carboxylic acids is 1. The summed E-state index contributed by atoms with van der Waals surface area (Å²) in [5.41, 5.74) is 1.16. The molecule has 4 heterocycles. The summed E-state index contributed by atoms with van der Waals surface area (Å²) in [4.78, 5) is 21.1. The lowest BCUT2D eigenvalue weighted by Gasteiger charge is -2.34. The highest BCUT2D eigenvalue weighted by molar-refractivity contribution is 7.19. The van der Waals surface area contributed by atoms with Crippen molar-refractivity contribution in [3.05, 3.63) is 45.9 Å². The molecule has 0 radical (unpaired) electrons. The third-order valence-corrected chi connectivity index (χ3v) is 7.37. The van der Waals surface area contributed by atoms with Crippen LogP contribution < -0.4 is 5.32 Å². The summed E-state index contributed by atoms with van der Waals surface area (Å²) in [6.07, 6.45) is 3.47. The van der Waals surface area contributed by atoms with Crippen molar-refractivity contribution in [3.8, 4) is 10.6 Å². The number of nitrogens with one attached hydrogen (secondary N) is 1. The quantitative estimate of drug-likeness (QED) is 0.380. The second-order valence-electron chi connectivity index (χ2n) is 8.85. The van der Waals surface area contributed by atoms with E-state index in [2.05, 4.69) is 34.2 Å². The Labute approximate surface area is 214 Å². The van der Waals surface area contributed by atoms with Crippen LogP contribution >= 0.6 is 22.9 Å². The number of ether oxygens (including phenoxy) is 2. The molecule has 3 aromatic heterocycles. The highest BCUT2D eigenvalue weighted by atomic mass is 35.5. The molecule has 0 bridgehead atoms. The number of hydrogen-bond donors (Lipinski definition) is 1. The van der Waals surface area contributed by atoms with Crippen molar-refractivity contribution < 1.29 is 18.8 Å².